The molecule has 2 rings (SSSR count). The number of aryl methyl sites for hydroxylation is 2. The Bertz CT molecular complexity index is 566. The van der Waals surface area contributed by atoms with Crippen LogP contribution in [-0.4, -0.2) is 29.8 Å². The Morgan fingerprint density at radius 3 is 2.90 bits per heavy atom. The minimum Gasteiger partial charge on any atom is -0.485 e. The highest BCUT2D eigenvalue weighted by Gasteiger charge is 2.06. The normalized spacial score (nSPS) is 10.8. The molecule has 0 bridgehead atoms. The fourth-order valence-corrected chi connectivity index (χ4v) is 2.06. The van der Waals surface area contributed by atoms with Crippen molar-refractivity contribution in [1.82, 2.24) is 14.9 Å². The zero-order chi connectivity index (χ0) is 15.1. The van der Waals surface area contributed by atoms with Crippen molar-refractivity contribution in [2.45, 2.75) is 20.1 Å². The van der Waals surface area contributed by atoms with E-state index in [4.69, 9.17) is 9.47 Å². The minimum atomic E-state index is 0.470. The largest absolute Gasteiger partial charge is 0.485 e. The zero-order valence-corrected chi connectivity index (χ0v) is 12.9. The fraction of sp³-hybridized carbons (Fsp3) is 0.438. The van der Waals surface area contributed by atoms with Gasteiger partial charge in [-0.15, -0.1) is 0 Å². The maximum Gasteiger partial charge on any atom is 0.146 e. The van der Waals surface area contributed by atoms with Gasteiger partial charge in [0, 0.05) is 45.2 Å². The maximum atomic E-state index is 5.92. The first-order valence-electron chi connectivity index (χ1n) is 7.09. The number of benzene rings is 1. The monoisotopic (exact) mass is 289 g/mol. The van der Waals surface area contributed by atoms with Gasteiger partial charge in [0.05, 0.1) is 6.61 Å². The predicted molar refractivity (Wildman–Crippen MR) is 82.3 cm³/mol. The molecule has 5 nitrogen and oxygen atoms in total. The van der Waals surface area contributed by atoms with Gasteiger partial charge in [0.1, 0.15) is 18.2 Å². The van der Waals surface area contributed by atoms with Crippen molar-refractivity contribution in [3.63, 3.8) is 0 Å². The van der Waals surface area contributed by atoms with E-state index >= 15 is 0 Å². The Kier molecular flexibility index (Phi) is 5.78. The molecule has 114 valence electrons. The Morgan fingerprint density at radius 1 is 1.33 bits per heavy atom. The van der Waals surface area contributed by atoms with Gasteiger partial charge >= 0.3 is 0 Å². The van der Waals surface area contributed by atoms with Crippen LogP contribution in [0.5, 0.6) is 5.75 Å². The lowest BCUT2D eigenvalue weighted by molar-refractivity contribution is 0.199. The summed E-state index contributed by atoms with van der Waals surface area (Å²) in [5, 5.41) is 3.35. The highest BCUT2D eigenvalue weighted by Crippen LogP contribution is 2.21. The molecular weight excluding hydrogens is 266 g/mol. The van der Waals surface area contributed by atoms with Crippen molar-refractivity contribution in [3.8, 4) is 5.75 Å². The molecular formula is C16H23N3O2. The van der Waals surface area contributed by atoms with Crippen LogP contribution in [0.3, 0.4) is 0 Å². The smallest absolute Gasteiger partial charge is 0.146 e. The van der Waals surface area contributed by atoms with Crippen molar-refractivity contribution in [3.05, 3.63) is 47.5 Å². The molecule has 0 amide bonds. The molecule has 0 aliphatic carbocycles. The van der Waals surface area contributed by atoms with E-state index in [0.29, 0.717) is 13.2 Å². The number of ether oxygens (including phenoxy) is 2. The highest BCUT2D eigenvalue weighted by atomic mass is 16.5. The molecule has 1 heterocycles. The lowest BCUT2D eigenvalue weighted by Crippen LogP contribution is -2.19. The first-order chi connectivity index (χ1) is 10.2. The summed E-state index contributed by atoms with van der Waals surface area (Å²) in [5.74, 6) is 1.81. The Balaban J connectivity index is 1.99. The quantitative estimate of drug-likeness (QED) is 0.756. The molecule has 0 spiro atoms. The van der Waals surface area contributed by atoms with Gasteiger partial charge < -0.3 is 19.4 Å². The van der Waals surface area contributed by atoms with Gasteiger partial charge in [-0.3, -0.25) is 0 Å². The second-order valence-corrected chi connectivity index (χ2v) is 5.02. The Labute approximate surface area is 125 Å². The molecule has 2 aromatic rings. The average Bonchev–Trinajstić information content (AvgIpc) is 2.88. The molecule has 1 aromatic heterocycles. The van der Waals surface area contributed by atoms with Crippen LogP contribution in [0.4, 0.5) is 0 Å². The van der Waals surface area contributed by atoms with Crippen molar-refractivity contribution in [2.24, 2.45) is 7.05 Å². The number of imidazole rings is 1. The maximum absolute atomic E-state index is 5.92. The molecule has 0 aliphatic rings. The number of rotatable bonds is 8. The van der Waals surface area contributed by atoms with Crippen LogP contribution in [0.2, 0.25) is 0 Å². The van der Waals surface area contributed by atoms with Gasteiger partial charge in [-0.2, -0.15) is 0 Å². The molecule has 0 aliphatic heterocycles. The summed E-state index contributed by atoms with van der Waals surface area (Å²) in [6.45, 7) is 4.85. The van der Waals surface area contributed by atoms with E-state index < -0.39 is 0 Å². The van der Waals surface area contributed by atoms with E-state index in [-0.39, 0.29) is 0 Å². The molecule has 0 radical (unpaired) electrons. The first-order valence-corrected chi connectivity index (χ1v) is 7.09. The van der Waals surface area contributed by atoms with Crippen LogP contribution in [0, 0.1) is 6.92 Å². The van der Waals surface area contributed by atoms with E-state index in [0.717, 1.165) is 30.2 Å². The van der Waals surface area contributed by atoms with Gasteiger partial charge in [-0.1, -0.05) is 17.7 Å². The molecule has 0 unspecified atom stereocenters. The second kappa shape index (κ2) is 7.81. The second-order valence-electron chi connectivity index (χ2n) is 5.02. The molecule has 5 heteroatoms. The summed E-state index contributed by atoms with van der Waals surface area (Å²) in [6, 6.07) is 6.23. The van der Waals surface area contributed by atoms with E-state index in [1.54, 1.807) is 13.3 Å². The minimum absolute atomic E-state index is 0.470. The van der Waals surface area contributed by atoms with Gasteiger partial charge in [-0.05, 0) is 13.0 Å². The fourth-order valence-electron chi connectivity index (χ4n) is 2.06. The number of nitrogens with one attached hydrogen (secondary N) is 1. The SMILES string of the molecule is COCCNCc1cc(C)ccc1OCc1nccn1C. The van der Waals surface area contributed by atoms with Crippen molar-refractivity contribution < 1.29 is 9.47 Å². The molecule has 0 fully saturated rings. The summed E-state index contributed by atoms with van der Waals surface area (Å²) in [5.41, 5.74) is 2.38. The van der Waals surface area contributed by atoms with Crippen LogP contribution < -0.4 is 10.1 Å². The standard InChI is InChI=1S/C16H23N3O2/c1-13-4-5-15(14(10-13)11-17-7-9-20-3)21-12-16-18-6-8-19(16)2/h4-6,8,10,17H,7,9,11-12H2,1-3H3. The number of methoxy groups -OCH3 is 1. The molecule has 1 aromatic carbocycles. The average molecular weight is 289 g/mol. The summed E-state index contributed by atoms with van der Waals surface area (Å²) < 4.78 is 12.9. The summed E-state index contributed by atoms with van der Waals surface area (Å²) in [4.78, 5) is 4.27. The van der Waals surface area contributed by atoms with Gasteiger partial charge in [0.15, 0.2) is 0 Å². The first kappa shape index (κ1) is 15.5. The van der Waals surface area contributed by atoms with Gasteiger partial charge in [0.25, 0.3) is 0 Å². The highest BCUT2D eigenvalue weighted by molar-refractivity contribution is 5.36. The number of hydrogen-bond acceptors (Lipinski definition) is 4. The van der Waals surface area contributed by atoms with Gasteiger partial charge in [-0.25, -0.2) is 4.98 Å². The molecule has 21 heavy (non-hydrogen) atoms. The number of aromatic nitrogens is 2. The van der Waals surface area contributed by atoms with E-state index in [1.807, 2.05) is 23.9 Å². The third-order valence-corrected chi connectivity index (χ3v) is 3.29. The number of hydrogen-bond donors (Lipinski definition) is 1. The lowest BCUT2D eigenvalue weighted by Gasteiger charge is -2.13. The van der Waals surface area contributed by atoms with Crippen LogP contribution >= 0.6 is 0 Å². The van der Waals surface area contributed by atoms with Crippen LogP contribution in [0.1, 0.15) is 17.0 Å². The topological polar surface area (TPSA) is 48.3 Å². The van der Waals surface area contributed by atoms with Crippen molar-refractivity contribution in [1.29, 1.82) is 0 Å². The van der Waals surface area contributed by atoms with Gasteiger partial charge in [0.2, 0.25) is 0 Å². The van der Waals surface area contributed by atoms with E-state index in [2.05, 4.69) is 29.4 Å². The molecule has 1 N–H and O–H groups in total. The summed E-state index contributed by atoms with van der Waals surface area (Å²) in [7, 11) is 3.67. The zero-order valence-electron chi connectivity index (χ0n) is 12.9. The predicted octanol–water partition coefficient (Wildman–Crippen LogP) is 2.04. The summed E-state index contributed by atoms with van der Waals surface area (Å²) in [6.07, 6.45) is 3.70. The number of nitrogens with zero attached hydrogens (tertiary/aromatic N) is 2. The summed E-state index contributed by atoms with van der Waals surface area (Å²) >= 11 is 0. The van der Waals surface area contributed by atoms with Crippen LogP contribution in [0.25, 0.3) is 0 Å². The molecule has 0 saturated carbocycles. The molecule has 0 atom stereocenters. The third-order valence-electron chi connectivity index (χ3n) is 3.29. The van der Waals surface area contributed by atoms with Crippen LogP contribution in [-0.2, 0) is 24.9 Å². The molecule has 0 saturated heterocycles. The Hall–Kier alpha value is -1.85. The van der Waals surface area contributed by atoms with Crippen molar-refractivity contribution in [2.75, 3.05) is 20.3 Å². The third kappa shape index (κ3) is 4.58. The lowest BCUT2D eigenvalue weighted by atomic mass is 10.1. The van der Waals surface area contributed by atoms with Crippen molar-refractivity contribution >= 4 is 0 Å². The van der Waals surface area contributed by atoms with Crippen LogP contribution in [0.15, 0.2) is 30.6 Å². The Morgan fingerprint density at radius 2 is 2.19 bits per heavy atom. The van der Waals surface area contributed by atoms with E-state index in [9.17, 15) is 0 Å². The van der Waals surface area contributed by atoms with E-state index in [1.165, 1.54) is 5.56 Å².